The summed E-state index contributed by atoms with van der Waals surface area (Å²) < 4.78 is 0. The molecule has 2 amide bonds. The molecule has 1 saturated carbocycles. The van der Waals surface area contributed by atoms with Gasteiger partial charge in [0.25, 0.3) is 0 Å². The Balaban J connectivity index is 0.00000225. The van der Waals surface area contributed by atoms with Crippen LogP contribution in [0.3, 0.4) is 0 Å². The van der Waals surface area contributed by atoms with Crippen molar-refractivity contribution in [3.63, 3.8) is 0 Å². The summed E-state index contributed by atoms with van der Waals surface area (Å²) in [7, 11) is 0. The Kier molecular flexibility index (Phi) is 6.83. The molecule has 0 radical (unpaired) electrons. The van der Waals surface area contributed by atoms with E-state index in [9.17, 15) is 9.59 Å². The lowest BCUT2D eigenvalue weighted by molar-refractivity contribution is -0.142. The molecule has 2 heterocycles. The molecule has 28 heavy (non-hydrogen) atoms. The molecule has 2 aliphatic heterocycles. The van der Waals surface area contributed by atoms with Crippen molar-refractivity contribution < 1.29 is 14.7 Å². The number of urea groups is 1. The minimum absolute atomic E-state index is 0. The van der Waals surface area contributed by atoms with Gasteiger partial charge < -0.3 is 20.6 Å². The number of nitrogens with one attached hydrogen (secondary N) is 2. The highest BCUT2D eigenvalue weighted by Crippen LogP contribution is 2.37. The maximum atomic E-state index is 12.4. The Morgan fingerprint density at radius 3 is 2.18 bits per heavy atom. The van der Waals surface area contributed by atoms with Crippen molar-refractivity contribution in [2.75, 3.05) is 19.6 Å². The minimum atomic E-state index is -0.653. The van der Waals surface area contributed by atoms with Gasteiger partial charge in [0, 0.05) is 12.6 Å². The lowest BCUT2D eigenvalue weighted by Crippen LogP contribution is -2.45. The molecule has 1 aromatic carbocycles. The summed E-state index contributed by atoms with van der Waals surface area (Å²) in [6.07, 6.45) is 5.45. The molecule has 1 unspecified atom stereocenters. The first-order chi connectivity index (χ1) is 13.1. The molecule has 6 nitrogen and oxygen atoms in total. The van der Waals surface area contributed by atoms with Crippen molar-refractivity contribution in [2.24, 2.45) is 5.92 Å². The van der Waals surface area contributed by atoms with E-state index in [4.69, 9.17) is 5.11 Å². The summed E-state index contributed by atoms with van der Waals surface area (Å²) in [6.45, 7) is 2.62. The van der Waals surface area contributed by atoms with Crippen molar-refractivity contribution >= 4 is 24.4 Å². The number of carbonyl (C=O) groups excluding carboxylic acids is 1. The average Bonchev–Trinajstić information content (AvgIpc) is 3.10. The van der Waals surface area contributed by atoms with Crippen molar-refractivity contribution in [1.82, 2.24) is 15.5 Å². The van der Waals surface area contributed by atoms with E-state index in [1.165, 1.54) is 11.1 Å². The zero-order valence-electron chi connectivity index (χ0n) is 16.1. The van der Waals surface area contributed by atoms with Gasteiger partial charge in [-0.15, -0.1) is 12.4 Å². The summed E-state index contributed by atoms with van der Waals surface area (Å²) >= 11 is 0. The topological polar surface area (TPSA) is 81.7 Å². The third kappa shape index (κ3) is 4.28. The number of piperidine rings is 1. The van der Waals surface area contributed by atoms with Crippen LogP contribution in [0.15, 0.2) is 24.3 Å². The van der Waals surface area contributed by atoms with Crippen LogP contribution in [-0.2, 0) is 4.79 Å². The summed E-state index contributed by atoms with van der Waals surface area (Å²) in [5, 5.41) is 15.6. The maximum absolute atomic E-state index is 12.4. The quantitative estimate of drug-likeness (QED) is 0.715. The highest BCUT2D eigenvalue weighted by molar-refractivity contribution is 5.85. The minimum Gasteiger partial charge on any atom is -0.481 e. The number of hydrogen-bond acceptors (Lipinski definition) is 3. The summed E-state index contributed by atoms with van der Waals surface area (Å²) in [4.78, 5) is 25.6. The molecule has 3 fully saturated rings. The molecule has 0 bridgehead atoms. The number of nitrogens with zero attached hydrogens (tertiary/aromatic N) is 1. The largest absolute Gasteiger partial charge is 0.481 e. The van der Waals surface area contributed by atoms with Crippen molar-refractivity contribution in [3.8, 4) is 0 Å². The van der Waals surface area contributed by atoms with Crippen LogP contribution in [0.1, 0.15) is 61.6 Å². The summed E-state index contributed by atoms with van der Waals surface area (Å²) in [5.74, 6) is -0.367. The van der Waals surface area contributed by atoms with Crippen LogP contribution in [-0.4, -0.2) is 47.7 Å². The number of carboxylic acids is 1. The molecule has 0 spiro atoms. The van der Waals surface area contributed by atoms with Gasteiger partial charge in [-0.05, 0) is 68.7 Å². The number of benzene rings is 1. The van der Waals surface area contributed by atoms with Crippen molar-refractivity contribution in [2.45, 2.75) is 56.5 Å². The standard InChI is InChI=1S/C21H29N3O3.ClH/c25-20(26)17-7-3-15(4-8-17)14-1-5-16(6-2-14)19-13-23-21(27)24(19)18-9-11-22-12-10-18;/h1-2,5-6,15,17-19,22H,3-4,7-13H2,(H,23,27)(H,25,26);1H. The zero-order chi connectivity index (χ0) is 18.8. The first-order valence-corrected chi connectivity index (χ1v) is 10.2. The van der Waals surface area contributed by atoms with E-state index in [1.54, 1.807) is 0 Å². The van der Waals surface area contributed by atoms with Gasteiger partial charge in [-0.1, -0.05) is 24.3 Å². The van der Waals surface area contributed by atoms with Crippen molar-refractivity contribution in [1.29, 1.82) is 0 Å². The van der Waals surface area contributed by atoms with Crippen LogP contribution < -0.4 is 10.6 Å². The Hall–Kier alpha value is -1.79. The molecule has 0 aromatic heterocycles. The van der Waals surface area contributed by atoms with E-state index in [-0.39, 0.29) is 30.4 Å². The van der Waals surface area contributed by atoms with Gasteiger partial charge in [0.2, 0.25) is 0 Å². The number of carboxylic acid groups (broad SMARTS) is 1. The van der Waals surface area contributed by atoms with E-state index in [2.05, 4.69) is 34.9 Å². The number of rotatable bonds is 4. The number of amides is 2. The second kappa shape index (κ2) is 9.14. The molecular weight excluding hydrogens is 378 g/mol. The molecule has 1 aromatic rings. The SMILES string of the molecule is Cl.O=C(O)C1CCC(c2ccc(C3CNC(=O)N3C3CCNCC3)cc2)CC1. The maximum Gasteiger partial charge on any atom is 0.318 e. The number of halogens is 1. The first kappa shape index (κ1) is 20.9. The lowest BCUT2D eigenvalue weighted by Gasteiger charge is -2.35. The predicted octanol–water partition coefficient (Wildman–Crippen LogP) is 3.29. The first-order valence-electron chi connectivity index (χ1n) is 10.2. The average molecular weight is 408 g/mol. The van der Waals surface area contributed by atoms with Crippen LogP contribution >= 0.6 is 12.4 Å². The van der Waals surface area contributed by atoms with Gasteiger partial charge in [0.1, 0.15) is 0 Å². The van der Waals surface area contributed by atoms with Crippen LogP contribution in [0, 0.1) is 5.92 Å². The van der Waals surface area contributed by atoms with E-state index >= 15 is 0 Å². The fraction of sp³-hybridized carbons (Fsp3) is 0.619. The third-order valence-corrected chi connectivity index (χ3v) is 6.59. The van der Waals surface area contributed by atoms with Crippen LogP contribution in [0.5, 0.6) is 0 Å². The second-order valence-electron chi connectivity index (χ2n) is 8.14. The molecular formula is C21H30ClN3O3. The van der Waals surface area contributed by atoms with E-state index in [0.29, 0.717) is 18.5 Å². The molecule has 2 saturated heterocycles. The molecule has 7 heteroatoms. The highest BCUT2D eigenvalue weighted by Gasteiger charge is 2.37. The Bertz CT molecular complexity index is 683. The molecule has 154 valence electrons. The zero-order valence-corrected chi connectivity index (χ0v) is 16.9. The monoisotopic (exact) mass is 407 g/mol. The normalized spacial score (nSPS) is 28.5. The summed E-state index contributed by atoms with van der Waals surface area (Å²) in [5.41, 5.74) is 2.49. The molecule has 1 atom stereocenters. The molecule has 1 aliphatic carbocycles. The third-order valence-electron chi connectivity index (χ3n) is 6.59. The van der Waals surface area contributed by atoms with E-state index in [0.717, 1.165) is 51.6 Å². The predicted molar refractivity (Wildman–Crippen MR) is 110 cm³/mol. The fourth-order valence-corrected chi connectivity index (χ4v) is 4.96. The van der Waals surface area contributed by atoms with Crippen LogP contribution in [0.4, 0.5) is 4.79 Å². The van der Waals surface area contributed by atoms with Gasteiger partial charge in [-0.2, -0.15) is 0 Å². The smallest absolute Gasteiger partial charge is 0.318 e. The van der Waals surface area contributed by atoms with Crippen molar-refractivity contribution in [3.05, 3.63) is 35.4 Å². The highest BCUT2D eigenvalue weighted by atomic mass is 35.5. The van der Waals surface area contributed by atoms with Crippen LogP contribution in [0.25, 0.3) is 0 Å². The number of aliphatic carboxylic acids is 1. The van der Waals surface area contributed by atoms with Gasteiger partial charge in [0.05, 0.1) is 12.0 Å². The van der Waals surface area contributed by atoms with Gasteiger partial charge in [0.15, 0.2) is 0 Å². The Morgan fingerprint density at radius 2 is 1.57 bits per heavy atom. The molecule has 3 aliphatic rings. The number of carbonyl (C=O) groups is 2. The summed E-state index contributed by atoms with van der Waals surface area (Å²) in [6, 6.07) is 9.18. The Morgan fingerprint density at radius 1 is 0.964 bits per heavy atom. The molecule has 3 N–H and O–H groups in total. The van der Waals surface area contributed by atoms with Crippen LogP contribution in [0.2, 0.25) is 0 Å². The Labute approximate surface area is 172 Å². The van der Waals surface area contributed by atoms with Gasteiger partial charge in [-0.25, -0.2) is 4.79 Å². The van der Waals surface area contributed by atoms with Gasteiger partial charge >= 0.3 is 12.0 Å². The number of hydrogen-bond donors (Lipinski definition) is 3. The van der Waals surface area contributed by atoms with Gasteiger partial charge in [-0.3, -0.25) is 4.79 Å². The second-order valence-corrected chi connectivity index (χ2v) is 8.14. The van der Waals surface area contributed by atoms with E-state index in [1.807, 2.05) is 4.90 Å². The fourth-order valence-electron chi connectivity index (χ4n) is 4.96. The lowest BCUT2D eigenvalue weighted by atomic mass is 9.78. The molecule has 4 rings (SSSR count). The van der Waals surface area contributed by atoms with E-state index < -0.39 is 5.97 Å².